The molecule has 0 saturated heterocycles. The van der Waals surface area contributed by atoms with Crippen molar-refractivity contribution in [2.75, 3.05) is 18.9 Å². The number of carbonyl (C=O) groups excluding carboxylic acids is 1. The van der Waals surface area contributed by atoms with Gasteiger partial charge in [-0.05, 0) is 6.07 Å². The smallest absolute Gasteiger partial charge is 0.254 e. The zero-order valence-corrected chi connectivity index (χ0v) is 10.3. The molecule has 0 radical (unpaired) electrons. The predicted molar refractivity (Wildman–Crippen MR) is 66.1 cm³/mol. The van der Waals surface area contributed by atoms with E-state index in [0.29, 0.717) is 13.1 Å². The van der Waals surface area contributed by atoms with Gasteiger partial charge in [0.05, 0.1) is 18.3 Å². The molecule has 0 unspecified atom stereocenters. The second-order valence-electron chi connectivity index (χ2n) is 3.69. The first-order valence-corrected chi connectivity index (χ1v) is 5.67. The van der Waals surface area contributed by atoms with Crippen LogP contribution in [0.1, 0.15) is 10.4 Å². The van der Waals surface area contributed by atoms with Gasteiger partial charge in [0, 0.05) is 26.0 Å². The van der Waals surface area contributed by atoms with E-state index < -0.39 is 11.7 Å². The minimum atomic E-state index is -0.664. The van der Waals surface area contributed by atoms with Crippen LogP contribution in [0.5, 0.6) is 0 Å². The highest BCUT2D eigenvalue weighted by molar-refractivity contribution is 5.95. The summed E-state index contributed by atoms with van der Waals surface area (Å²) in [6.45, 7) is 0.802. The van der Waals surface area contributed by atoms with Crippen LogP contribution in [0.3, 0.4) is 0 Å². The Morgan fingerprint density at radius 2 is 2.32 bits per heavy atom. The topological polar surface area (TPSA) is 84.7 Å². The van der Waals surface area contributed by atoms with Crippen molar-refractivity contribution in [3.05, 3.63) is 36.0 Å². The maximum Gasteiger partial charge on any atom is 0.254 e. The third-order valence-electron chi connectivity index (χ3n) is 2.47. The zero-order valence-electron chi connectivity index (χ0n) is 10.3. The average molecular weight is 264 g/mol. The second-order valence-corrected chi connectivity index (χ2v) is 3.69. The summed E-state index contributed by atoms with van der Waals surface area (Å²) in [5.74, 6) is -1.11. The SMILES string of the molecule is CNc1nccc(C(=O)NCCn2ccnn2)c1F. The summed E-state index contributed by atoms with van der Waals surface area (Å²) in [5, 5.41) is 12.6. The molecule has 0 aromatic carbocycles. The lowest BCUT2D eigenvalue weighted by Gasteiger charge is -2.08. The van der Waals surface area contributed by atoms with Gasteiger partial charge in [0.2, 0.25) is 0 Å². The van der Waals surface area contributed by atoms with Gasteiger partial charge in [-0.2, -0.15) is 0 Å². The Kier molecular flexibility index (Phi) is 4.01. The van der Waals surface area contributed by atoms with E-state index in [0.717, 1.165) is 0 Å². The van der Waals surface area contributed by atoms with E-state index in [-0.39, 0.29) is 11.4 Å². The van der Waals surface area contributed by atoms with Gasteiger partial charge in [0.25, 0.3) is 5.91 Å². The van der Waals surface area contributed by atoms with Gasteiger partial charge in [-0.3, -0.25) is 9.48 Å². The molecule has 0 spiro atoms. The molecule has 7 nitrogen and oxygen atoms in total. The lowest BCUT2D eigenvalue weighted by molar-refractivity contribution is 0.0948. The summed E-state index contributed by atoms with van der Waals surface area (Å²) >= 11 is 0. The number of hydrogen-bond donors (Lipinski definition) is 2. The van der Waals surface area contributed by atoms with E-state index >= 15 is 0 Å². The Balaban J connectivity index is 1.96. The Labute approximate surface area is 108 Å². The van der Waals surface area contributed by atoms with Crippen LogP contribution >= 0.6 is 0 Å². The summed E-state index contributed by atoms with van der Waals surface area (Å²) in [4.78, 5) is 15.6. The van der Waals surface area contributed by atoms with Gasteiger partial charge in [0.1, 0.15) is 0 Å². The van der Waals surface area contributed by atoms with Crippen LogP contribution in [0.2, 0.25) is 0 Å². The molecular formula is C11H13FN6O. The molecule has 0 fully saturated rings. The molecule has 0 atom stereocenters. The van der Waals surface area contributed by atoms with Crippen LogP contribution in [-0.2, 0) is 6.54 Å². The van der Waals surface area contributed by atoms with Crippen LogP contribution in [0.25, 0.3) is 0 Å². The first-order valence-electron chi connectivity index (χ1n) is 5.67. The normalized spacial score (nSPS) is 10.2. The van der Waals surface area contributed by atoms with Gasteiger partial charge >= 0.3 is 0 Å². The van der Waals surface area contributed by atoms with Gasteiger partial charge in [-0.15, -0.1) is 5.10 Å². The highest BCUT2D eigenvalue weighted by Crippen LogP contribution is 2.13. The van der Waals surface area contributed by atoms with Crippen molar-refractivity contribution < 1.29 is 9.18 Å². The van der Waals surface area contributed by atoms with E-state index in [4.69, 9.17) is 0 Å². The Morgan fingerprint density at radius 1 is 1.47 bits per heavy atom. The van der Waals surface area contributed by atoms with Crippen molar-refractivity contribution >= 4 is 11.7 Å². The molecule has 2 rings (SSSR count). The molecule has 2 N–H and O–H groups in total. The van der Waals surface area contributed by atoms with Crippen LogP contribution in [0.4, 0.5) is 10.2 Å². The van der Waals surface area contributed by atoms with Gasteiger partial charge in [0.15, 0.2) is 11.6 Å². The maximum atomic E-state index is 13.8. The molecule has 1 amide bonds. The summed E-state index contributed by atoms with van der Waals surface area (Å²) < 4.78 is 15.4. The third kappa shape index (κ3) is 3.03. The number of nitrogens with one attached hydrogen (secondary N) is 2. The molecule has 100 valence electrons. The minimum Gasteiger partial charge on any atom is -0.371 e. The van der Waals surface area contributed by atoms with Crippen molar-refractivity contribution in [1.82, 2.24) is 25.3 Å². The number of halogens is 1. The van der Waals surface area contributed by atoms with E-state index in [9.17, 15) is 9.18 Å². The number of anilines is 1. The average Bonchev–Trinajstić information content (AvgIpc) is 2.92. The van der Waals surface area contributed by atoms with Crippen LogP contribution in [0, 0.1) is 5.82 Å². The number of pyridine rings is 1. The van der Waals surface area contributed by atoms with Gasteiger partial charge in [-0.1, -0.05) is 5.21 Å². The molecule has 0 bridgehead atoms. The van der Waals surface area contributed by atoms with E-state index in [1.54, 1.807) is 17.1 Å². The van der Waals surface area contributed by atoms with Crippen molar-refractivity contribution in [2.24, 2.45) is 0 Å². The molecule has 0 aliphatic heterocycles. The standard InChI is InChI=1S/C11H13FN6O/c1-13-10-9(12)8(2-3-14-10)11(19)15-4-6-18-7-5-16-17-18/h2-3,5,7H,4,6H2,1H3,(H,13,14)(H,15,19). The minimum absolute atomic E-state index is 0.0436. The summed E-state index contributed by atoms with van der Waals surface area (Å²) in [7, 11) is 1.54. The summed E-state index contributed by atoms with van der Waals surface area (Å²) in [5.41, 5.74) is -0.0436. The van der Waals surface area contributed by atoms with Crippen LogP contribution in [-0.4, -0.2) is 39.5 Å². The molecule has 2 aromatic heterocycles. The summed E-state index contributed by atoms with van der Waals surface area (Å²) in [6.07, 6.45) is 4.60. The fourth-order valence-corrected chi connectivity index (χ4v) is 1.52. The molecule has 0 aliphatic rings. The van der Waals surface area contributed by atoms with E-state index in [1.165, 1.54) is 19.3 Å². The largest absolute Gasteiger partial charge is 0.371 e. The highest BCUT2D eigenvalue weighted by atomic mass is 19.1. The van der Waals surface area contributed by atoms with Crippen molar-refractivity contribution in [2.45, 2.75) is 6.54 Å². The molecule has 19 heavy (non-hydrogen) atoms. The molecular weight excluding hydrogens is 251 g/mol. The summed E-state index contributed by atoms with van der Waals surface area (Å²) in [6, 6.07) is 1.33. The van der Waals surface area contributed by atoms with E-state index in [1.807, 2.05) is 0 Å². The molecule has 2 aromatic rings. The number of rotatable bonds is 5. The van der Waals surface area contributed by atoms with Gasteiger partial charge in [-0.25, -0.2) is 9.37 Å². The Morgan fingerprint density at radius 3 is 3.00 bits per heavy atom. The number of aromatic nitrogens is 4. The van der Waals surface area contributed by atoms with Crippen LogP contribution < -0.4 is 10.6 Å². The molecule has 8 heteroatoms. The van der Waals surface area contributed by atoms with Gasteiger partial charge < -0.3 is 10.6 Å². The predicted octanol–water partition coefficient (Wildman–Crippen LogP) is 0.284. The number of hydrogen-bond acceptors (Lipinski definition) is 5. The van der Waals surface area contributed by atoms with Crippen molar-refractivity contribution in [1.29, 1.82) is 0 Å². The number of nitrogens with zero attached hydrogens (tertiary/aromatic N) is 4. The number of carbonyl (C=O) groups is 1. The first-order chi connectivity index (χ1) is 9.22. The van der Waals surface area contributed by atoms with Crippen molar-refractivity contribution in [3.63, 3.8) is 0 Å². The van der Waals surface area contributed by atoms with Crippen LogP contribution in [0.15, 0.2) is 24.7 Å². The number of amides is 1. The monoisotopic (exact) mass is 264 g/mol. The Hall–Kier alpha value is -2.51. The zero-order chi connectivity index (χ0) is 13.7. The lowest BCUT2D eigenvalue weighted by atomic mass is 10.2. The Bertz CT molecular complexity index is 556. The lowest BCUT2D eigenvalue weighted by Crippen LogP contribution is -2.28. The van der Waals surface area contributed by atoms with E-state index in [2.05, 4.69) is 25.9 Å². The quantitative estimate of drug-likeness (QED) is 0.810. The first kappa shape index (κ1) is 12.9. The molecule has 0 aliphatic carbocycles. The molecule has 0 saturated carbocycles. The molecule has 2 heterocycles. The second kappa shape index (κ2) is 5.89. The fourth-order valence-electron chi connectivity index (χ4n) is 1.52. The maximum absolute atomic E-state index is 13.8. The highest BCUT2D eigenvalue weighted by Gasteiger charge is 2.14. The van der Waals surface area contributed by atoms with Crippen molar-refractivity contribution in [3.8, 4) is 0 Å². The third-order valence-corrected chi connectivity index (χ3v) is 2.47. The fraction of sp³-hybridized carbons (Fsp3) is 0.273.